The molecule has 0 aliphatic carbocycles. The predicted molar refractivity (Wildman–Crippen MR) is 106 cm³/mol. The number of nitrogens with one attached hydrogen (secondary N) is 2. The van der Waals surface area contributed by atoms with Crippen LogP contribution in [0.4, 0.5) is 11.4 Å². The maximum atomic E-state index is 12.3. The third-order valence-corrected chi connectivity index (χ3v) is 3.89. The average Bonchev–Trinajstić information content (AvgIpc) is 2.61. The number of hydrogen-bond donors (Lipinski definition) is 2. The first kappa shape index (κ1) is 19.5. The molecule has 7 heteroatoms. The first-order valence-corrected chi connectivity index (χ1v) is 8.50. The van der Waals surface area contributed by atoms with Gasteiger partial charge in [0.25, 0.3) is 0 Å². The highest BCUT2D eigenvalue weighted by molar-refractivity contribution is 9.10. The third kappa shape index (κ3) is 5.35. The topological polar surface area (TPSA) is 76.7 Å². The van der Waals surface area contributed by atoms with Gasteiger partial charge in [-0.2, -0.15) is 0 Å². The van der Waals surface area contributed by atoms with Crippen molar-refractivity contribution in [3.63, 3.8) is 0 Å². The van der Waals surface area contributed by atoms with Crippen molar-refractivity contribution in [2.45, 2.75) is 6.92 Å². The van der Waals surface area contributed by atoms with E-state index in [0.717, 1.165) is 10.0 Å². The van der Waals surface area contributed by atoms with Crippen molar-refractivity contribution in [2.24, 2.45) is 0 Å². The lowest BCUT2D eigenvalue weighted by molar-refractivity contribution is -0.114. The zero-order valence-electron chi connectivity index (χ0n) is 14.6. The molecule has 136 valence electrons. The molecule has 0 radical (unpaired) electrons. The summed E-state index contributed by atoms with van der Waals surface area (Å²) in [6, 6.07) is 10.5. The summed E-state index contributed by atoms with van der Waals surface area (Å²) in [6.07, 6.45) is 3.04. The molecular weight excluding hydrogens is 400 g/mol. The van der Waals surface area contributed by atoms with E-state index >= 15 is 0 Å². The van der Waals surface area contributed by atoms with Gasteiger partial charge in [-0.15, -0.1) is 0 Å². The summed E-state index contributed by atoms with van der Waals surface area (Å²) in [5, 5.41) is 5.41. The van der Waals surface area contributed by atoms with Crippen LogP contribution in [0.2, 0.25) is 0 Å². The highest BCUT2D eigenvalue weighted by Crippen LogP contribution is 2.28. The lowest BCUT2D eigenvalue weighted by Crippen LogP contribution is -2.13. The maximum Gasteiger partial charge on any atom is 0.248 e. The van der Waals surface area contributed by atoms with Crippen LogP contribution in [0.15, 0.2) is 46.9 Å². The first-order chi connectivity index (χ1) is 12.4. The van der Waals surface area contributed by atoms with Crippen LogP contribution in [0, 0.1) is 0 Å². The van der Waals surface area contributed by atoms with Gasteiger partial charge in [-0.3, -0.25) is 9.59 Å². The summed E-state index contributed by atoms with van der Waals surface area (Å²) in [4.78, 5) is 23.6. The van der Waals surface area contributed by atoms with Crippen molar-refractivity contribution in [1.29, 1.82) is 0 Å². The van der Waals surface area contributed by atoms with Crippen LogP contribution in [0.1, 0.15) is 12.5 Å². The summed E-state index contributed by atoms with van der Waals surface area (Å²) in [5.74, 6) is 0.622. The fraction of sp³-hybridized carbons (Fsp3) is 0.158. The van der Waals surface area contributed by atoms with E-state index < -0.39 is 0 Å². The van der Waals surface area contributed by atoms with Crippen molar-refractivity contribution in [2.75, 3.05) is 24.9 Å². The molecular formula is C19H19BrN2O4. The number of carbonyl (C=O) groups is 2. The molecule has 6 nitrogen and oxygen atoms in total. The number of benzene rings is 2. The van der Waals surface area contributed by atoms with E-state index in [9.17, 15) is 9.59 Å². The second-order valence-corrected chi connectivity index (χ2v) is 6.22. The van der Waals surface area contributed by atoms with Crippen LogP contribution >= 0.6 is 15.9 Å². The largest absolute Gasteiger partial charge is 0.497 e. The van der Waals surface area contributed by atoms with E-state index in [2.05, 4.69) is 26.6 Å². The minimum Gasteiger partial charge on any atom is -0.497 e. The molecule has 0 saturated heterocycles. The van der Waals surface area contributed by atoms with E-state index in [0.29, 0.717) is 22.9 Å². The minimum absolute atomic E-state index is 0.236. The number of rotatable bonds is 6. The van der Waals surface area contributed by atoms with Crippen molar-refractivity contribution < 1.29 is 19.1 Å². The van der Waals surface area contributed by atoms with Crippen LogP contribution in [0.3, 0.4) is 0 Å². The Kier molecular flexibility index (Phi) is 6.80. The first-order valence-electron chi connectivity index (χ1n) is 7.71. The quantitative estimate of drug-likeness (QED) is 0.692. The molecule has 0 spiro atoms. The molecule has 2 aromatic rings. The van der Waals surface area contributed by atoms with Crippen LogP contribution in [-0.4, -0.2) is 26.0 Å². The normalized spacial score (nSPS) is 10.5. The van der Waals surface area contributed by atoms with E-state index in [1.807, 2.05) is 12.1 Å². The molecule has 0 saturated carbocycles. The molecule has 0 bridgehead atoms. The van der Waals surface area contributed by atoms with Gasteiger partial charge in [0.15, 0.2) is 0 Å². The van der Waals surface area contributed by atoms with Crippen molar-refractivity contribution in [3.8, 4) is 11.5 Å². The fourth-order valence-corrected chi connectivity index (χ4v) is 2.61. The van der Waals surface area contributed by atoms with Crippen molar-refractivity contribution in [3.05, 3.63) is 52.5 Å². The van der Waals surface area contributed by atoms with Gasteiger partial charge >= 0.3 is 0 Å². The summed E-state index contributed by atoms with van der Waals surface area (Å²) in [5.41, 5.74) is 1.68. The third-order valence-electron chi connectivity index (χ3n) is 3.40. The number of carbonyl (C=O) groups excluding carboxylic acids is 2. The van der Waals surface area contributed by atoms with Gasteiger partial charge in [0.2, 0.25) is 11.8 Å². The Bertz CT molecular complexity index is 849. The van der Waals surface area contributed by atoms with Gasteiger partial charge in [0.1, 0.15) is 11.5 Å². The summed E-state index contributed by atoms with van der Waals surface area (Å²) >= 11 is 3.39. The zero-order chi connectivity index (χ0) is 19.1. The van der Waals surface area contributed by atoms with Gasteiger partial charge < -0.3 is 20.1 Å². The highest BCUT2D eigenvalue weighted by atomic mass is 79.9. The molecule has 0 atom stereocenters. The van der Waals surface area contributed by atoms with Gasteiger partial charge in [-0.05, 0) is 36.4 Å². The molecule has 0 aromatic heterocycles. The van der Waals surface area contributed by atoms with Crippen LogP contribution < -0.4 is 20.1 Å². The Morgan fingerprint density at radius 1 is 1.00 bits per heavy atom. The van der Waals surface area contributed by atoms with Crippen LogP contribution in [-0.2, 0) is 9.59 Å². The zero-order valence-corrected chi connectivity index (χ0v) is 16.2. The Hall–Kier alpha value is -2.80. The second kappa shape index (κ2) is 9.05. The maximum absolute atomic E-state index is 12.3. The van der Waals surface area contributed by atoms with Gasteiger partial charge in [-0.1, -0.05) is 15.9 Å². The summed E-state index contributed by atoms with van der Waals surface area (Å²) < 4.78 is 11.3. The predicted octanol–water partition coefficient (Wildman–Crippen LogP) is 4.08. The van der Waals surface area contributed by atoms with E-state index in [1.165, 1.54) is 20.1 Å². The Balaban J connectivity index is 2.21. The monoisotopic (exact) mass is 418 g/mol. The molecule has 2 rings (SSSR count). The summed E-state index contributed by atoms with van der Waals surface area (Å²) in [6.45, 7) is 1.40. The number of amides is 2. The number of methoxy groups -OCH3 is 2. The van der Waals surface area contributed by atoms with E-state index in [1.54, 1.807) is 37.5 Å². The SMILES string of the molecule is COc1ccc(NC(C)=O)c(NC(=O)/C=C/c2cc(Br)ccc2OC)c1. The number of hydrogen-bond acceptors (Lipinski definition) is 4. The number of anilines is 2. The highest BCUT2D eigenvalue weighted by Gasteiger charge is 2.09. The van der Waals surface area contributed by atoms with Gasteiger partial charge in [-0.25, -0.2) is 0 Å². The van der Waals surface area contributed by atoms with Crippen molar-refractivity contribution >= 4 is 45.2 Å². The molecule has 0 unspecified atom stereocenters. The fourth-order valence-electron chi connectivity index (χ4n) is 2.23. The Labute approximate surface area is 160 Å². The molecule has 26 heavy (non-hydrogen) atoms. The molecule has 2 amide bonds. The van der Waals surface area contributed by atoms with Gasteiger partial charge in [0, 0.05) is 29.1 Å². The van der Waals surface area contributed by atoms with Gasteiger partial charge in [0.05, 0.1) is 25.6 Å². The molecule has 0 heterocycles. The minimum atomic E-state index is -0.355. The van der Waals surface area contributed by atoms with Crippen LogP contribution in [0.25, 0.3) is 6.08 Å². The Morgan fingerprint density at radius 2 is 1.77 bits per heavy atom. The molecule has 2 N–H and O–H groups in total. The standard InChI is InChI=1S/C19H19BrN2O4/c1-12(23)21-16-7-6-15(25-2)11-17(16)22-19(24)9-4-13-10-14(20)5-8-18(13)26-3/h4-11H,1-3H3,(H,21,23)(H,22,24)/b9-4+. The van der Waals surface area contributed by atoms with E-state index in [-0.39, 0.29) is 11.8 Å². The second-order valence-electron chi connectivity index (χ2n) is 5.30. The molecule has 0 fully saturated rings. The molecule has 0 aliphatic heterocycles. The smallest absolute Gasteiger partial charge is 0.248 e. The lowest BCUT2D eigenvalue weighted by atomic mass is 10.2. The average molecular weight is 419 g/mol. The van der Waals surface area contributed by atoms with Crippen molar-refractivity contribution in [1.82, 2.24) is 0 Å². The van der Waals surface area contributed by atoms with Crippen LogP contribution in [0.5, 0.6) is 11.5 Å². The molecule has 0 aliphatic rings. The lowest BCUT2D eigenvalue weighted by Gasteiger charge is -2.12. The van der Waals surface area contributed by atoms with E-state index in [4.69, 9.17) is 9.47 Å². The number of ether oxygens (including phenoxy) is 2. The Morgan fingerprint density at radius 3 is 2.42 bits per heavy atom. The summed E-state index contributed by atoms with van der Waals surface area (Å²) in [7, 11) is 3.09. The molecule has 2 aromatic carbocycles. The number of halogens is 1.